The van der Waals surface area contributed by atoms with Crippen molar-refractivity contribution in [3.63, 3.8) is 0 Å². The topological polar surface area (TPSA) is 69.0 Å². The highest BCUT2D eigenvalue weighted by molar-refractivity contribution is 8.00. The first-order valence-electron chi connectivity index (χ1n) is 10.4. The number of fused-ring (bicyclic) bond motifs is 1. The maximum atomic E-state index is 12.5. The number of ether oxygens (including phenoxy) is 1. The van der Waals surface area contributed by atoms with Gasteiger partial charge in [-0.3, -0.25) is 14.5 Å². The lowest BCUT2D eigenvalue weighted by molar-refractivity contribution is -0.0498. The molecule has 9 heteroatoms. The second kappa shape index (κ2) is 10.4. The molecule has 6 nitrogen and oxygen atoms in total. The first-order valence-corrected chi connectivity index (χ1v) is 11.5. The summed E-state index contributed by atoms with van der Waals surface area (Å²) in [5.41, 5.74) is 3.46. The average molecular weight is 463 g/mol. The summed E-state index contributed by atoms with van der Waals surface area (Å²) in [6.45, 7) is 4.12. The fourth-order valence-electron chi connectivity index (χ4n) is 3.19. The number of halogens is 2. The van der Waals surface area contributed by atoms with Crippen LogP contribution in [0.3, 0.4) is 0 Å². The van der Waals surface area contributed by atoms with Gasteiger partial charge in [-0.1, -0.05) is 26.0 Å². The van der Waals surface area contributed by atoms with Gasteiger partial charge in [-0.25, -0.2) is 0 Å². The van der Waals surface area contributed by atoms with E-state index in [2.05, 4.69) is 40.9 Å². The highest BCUT2D eigenvalue weighted by atomic mass is 32.2. The molecular weight excluding hydrogens is 434 g/mol. The van der Waals surface area contributed by atoms with Crippen molar-refractivity contribution in [2.45, 2.75) is 39.5 Å². The molecule has 32 heavy (non-hydrogen) atoms. The van der Waals surface area contributed by atoms with Crippen LogP contribution in [0.25, 0.3) is 22.3 Å². The van der Waals surface area contributed by atoms with Gasteiger partial charge < -0.3 is 10.1 Å². The van der Waals surface area contributed by atoms with E-state index >= 15 is 0 Å². The number of benzene rings is 1. The molecule has 3 heterocycles. The lowest BCUT2D eigenvalue weighted by atomic mass is 10.1. The van der Waals surface area contributed by atoms with E-state index < -0.39 is 6.61 Å². The van der Waals surface area contributed by atoms with Crippen LogP contribution in [0.5, 0.6) is 5.75 Å². The van der Waals surface area contributed by atoms with Crippen molar-refractivity contribution in [2.24, 2.45) is 5.92 Å². The predicted molar refractivity (Wildman–Crippen MR) is 125 cm³/mol. The predicted octanol–water partition coefficient (Wildman–Crippen LogP) is 4.88. The van der Waals surface area contributed by atoms with Crippen LogP contribution in [-0.4, -0.2) is 51.8 Å². The van der Waals surface area contributed by atoms with E-state index in [1.165, 1.54) is 29.8 Å². The Kier molecular flexibility index (Phi) is 7.84. The third-order valence-corrected chi connectivity index (χ3v) is 6.75. The van der Waals surface area contributed by atoms with Gasteiger partial charge in [0.05, 0.1) is 5.52 Å². The van der Waals surface area contributed by atoms with Gasteiger partial charge in [0.25, 0.3) is 0 Å². The zero-order valence-electron chi connectivity index (χ0n) is 18.6. The number of carbonyl (C=O) groups excluding carboxylic acids is 1. The summed E-state index contributed by atoms with van der Waals surface area (Å²) in [7, 11) is 2.03. The Morgan fingerprint density at radius 2 is 2.06 bits per heavy atom. The van der Waals surface area contributed by atoms with E-state index in [1.54, 1.807) is 22.9 Å². The van der Waals surface area contributed by atoms with E-state index in [0.29, 0.717) is 40.3 Å². The first kappa shape index (κ1) is 24.1. The quantitative estimate of drug-likeness (QED) is 0.505. The summed E-state index contributed by atoms with van der Waals surface area (Å²) >= 11 is 2.01. The third-order valence-electron chi connectivity index (χ3n) is 5.06. The molecule has 0 spiro atoms. The molecule has 0 radical (unpaired) electrons. The zero-order chi connectivity index (χ0) is 23.3. The summed E-state index contributed by atoms with van der Waals surface area (Å²) in [6.07, 6.45) is 2.20. The number of nitrogens with zero attached hydrogens (tertiary/aromatic N) is 3. The number of thioether (sulfide) groups is 1. The van der Waals surface area contributed by atoms with Crippen molar-refractivity contribution >= 4 is 29.1 Å². The molecule has 0 unspecified atom stereocenters. The van der Waals surface area contributed by atoms with Crippen LogP contribution in [-0.2, 0) is 6.54 Å². The van der Waals surface area contributed by atoms with Gasteiger partial charge >= 0.3 is 6.61 Å². The number of pyridine rings is 1. The van der Waals surface area contributed by atoms with Crippen molar-refractivity contribution in [1.82, 2.24) is 20.1 Å². The second-order valence-electron chi connectivity index (χ2n) is 8.39. The number of aromatic nitrogens is 3. The van der Waals surface area contributed by atoms with Crippen molar-refractivity contribution < 1.29 is 18.3 Å². The molecule has 1 fully saturated rings. The number of carbonyl (C=O) groups is 1. The molecule has 0 saturated carbocycles. The van der Waals surface area contributed by atoms with Gasteiger partial charge in [0, 0.05) is 40.9 Å². The monoisotopic (exact) mass is 462 g/mol. The van der Waals surface area contributed by atoms with Gasteiger partial charge in [-0.15, -0.1) is 0 Å². The Balaban J connectivity index is 0.000000352. The molecule has 1 aliphatic heterocycles. The minimum atomic E-state index is -2.89. The molecule has 0 atom stereocenters. The summed E-state index contributed by atoms with van der Waals surface area (Å²) < 4.78 is 31.2. The molecule has 0 amide bonds. The highest BCUT2D eigenvalue weighted by Gasteiger charge is 2.29. The van der Waals surface area contributed by atoms with Gasteiger partial charge in [0.1, 0.15) is 17.0 Å². The first-order chi connectivity index (χ1) is 15.2. The number of rotatable bonds is 7. The largest absolute Gasteiger partial charge is 0.435 e. The highest BCUT2D eigenvalue weighted by Crippen LogP contribution is 2.30. The van der Waals surface area contributed by atoms with Crippen molar-refractivity contribution in [1.29, 1.82) is 0 Å². The Morgan fingerprint density at radius 1 is 1.31 bits per heavy atom. The Bertz CT molecular complexity index is 1060. The van der Waals surface area contributed by atoms with Gasteiger partial charge in [-0.05, 0) is 38.1 Å². The van der Waals surface area contributed by atoms with E-state index in [-0.39, 0.29) is 5.75 Å². The number of hydrogen-bond acceptors (Lipinski definition) is 6. The molecule has 1 saturated heterocycles. The maximum Gasteiger partial charge on any atom is 0.387 e. The normalized spacial score (nSPS) is 14.8. The fourth-order valence-corrected chi connectivity index (χ4v) is 4.29. The van der Waals surface area contributed by atoms with E-state index in [1.807, 2.05) is 18.8 Å². The van der Waals surface area contributed by atoms with Crippen LogP contribution in [0.2, 0.25) is 0 Å². The minimum absolute atomic E-state index is 0.0589. The standard InChI is InChI=1S/C18H17F2N3O2.C5H11NS/c1-11(2)9-23-15-6-12(10-24)8-21-17(15)16(22-23)13-4-3-5-14(7-13)25-18(19)20;1-5(6-2)3-7-4-5/h3-8,10-11,18H,9H2,1-2H3;6H,3-4H2,1-2H3. The van der Waals surface area contributed by atoms with E-state index in [0.717, 1.165) is 11.8 Å². The molecular formula is C23H28F2N4O2S. The lowest BCUT2D eigenvalue weighted by Gasteiger charge is -2.37. The molecule has 0 aliphatic carbocycles. The van der Waals surface area contributed by atoms with Gasteiger partial charge in [0.15, 0.2) is 6.29 Å². The lowest BCUT2D eigenvalue weighted by Crippen LogP contribution is -2.51. The summed E-state index contributed by atoms with van der Waals surface area (Å²) in [5, 5.41) is 7.85. The Hall–Kier alpha value is -2.52. The molecule has 0 bridgehead atoms. The fraction of sp³-hybridized carbons (Fsp3) is 0.435. The van der Waals surface area contributed by atoms with Crippen molar-refractivity contribution in [3.05, 3.63) is 42.1 Å². The molecule has 1 N–H and O–H groups in total. The molecule has 2 aromatic heterocycles. The summed E-state index contributed by atoms with van der Waals surface area (Å²) in [4.78, 5) is 15.4. The number of hydrogen-bond donors (Lipinski definition) is 1. The van der Waals surface area contributed by atoms with Crippen LogP contribution in [0.15, 0.2) is 36.5 Å². The summed E-state index contributed by atoms with van der Waals surface area (Å²) in [6, 6.07) is 8.08. The van der Waals surface area contributed by atoms with Crippen LogP contribution in [0.1, 0.15) is 31.1 Å². The number of alkyl halides is 2. The van der Waals surface area contributed by atoms with Crippen LogP contribution >= 0.6 is 11.8 Å². The van der Waals surface area contributed by atoms with Gasteiger partial charge in [-0.2, -0.15) is 25.6 Å². The Labute approximate surface area is 190 Å². The molecule has 172 valence electrons. The second-order valence-corrected chi connectivity index (χ2v) is 9.37. The third kappa shape index (κ3) is 5.83. The molecule has 4 rings (SSSR count). The van der Waals surface area contributed by atoms with E-state index in [9.17, 15) is 13.6 Å². The van der Waals surface area contributed by atoms with Crippen LogP contribution in [0.4, 0.5) is 8.78 Å². The van der Waals surface area contributed by atoms with Crippen molar-refractivity contribution in [2.75, 3.05) is 18.6 Å². The number of aldehydes is 1. The summed E-state index contributed by atoms with van der Waals surface area (Å²) in [5.74, 6) is 2.96. The van der Waals surface area contributed by atoms with E-state index in [4.69, 9.17) is 0 Å². The molecule has 1 aliphatic rings. The van der Waals surface area contributed by atoms with Crippen LogP contribution in [0, 0.1) is 5.92 Å². The SMILES string of the molecule is CC(C)Cn1nc(-c2cccc(OC(F)F)c2)c2ncc(C=O)cc21.CNC1(C)CSC1. The molecule has 1 aromatic carbocycles. The van der Waals surface area contributed by atoms with Crippen LogP contribution < -0.4 is 10.1 Å². The maximum absolute atomic E-state index is 12.5. The number of nitrogens with one attached hydrogen (secondary N) is 1. The Morgan fingerprint density at radius 3 is 2.59 bits per heavy atom. The minimum Gasteiger partial charge on any atom is -0.435 e. The zero-order valence-corrected chi connectivity index (χ0v) is 19.5. The smallest absolute Gasteiger partial charge is 0.387 e. The van der Waals surface area contributed by atoms with Gasteiger partial charge in [0.2, 0.25) is 0 Å². The van der Waals surface area contributed by atoms with Crippen molar-refractivity contribution in [3.8, 4) is 17.0 Å². The average Bonchev–Trinajstić information content (AvgIpc) is 3.09. The molecule has 3 aromatic rings.